The van der Waals surface area contributed by atoms with Crippen LogP contribution in [-0.2, 0) is 12.8 Å². The topological polar surface area (TPSA) is 81.2 Å². The van der Waals surface area contributed by atoms with Gasteiger partial charge in [0.1, 0.15) is 5.82 Å². The number of hydrogen-bond donors (Lipinski definition) is 2. The first kappa shape index (κ1) is 20.3. The van der Waals surface area contributed by atoms with Gasteiger partial charge in [-0.15, -0.1) is 5.10 Å². The van der Waals surface area contributed by atoms with E-state index in [2.05, 4.69) is 25.8 Å². The van der Waals surface area contributed by atoms with Crippen molar-refractivity contribution in [2.75, 3.05) is 37.9 Å². The number of benzene rings is 2. The van der Waals surface area contributed by atoms with Gasteiger partial charge in [-0.2, -0.15) is 10.1 Å². The number of hydrogen-bond acceptors (Lipinski definition) is 7. The Balaban J connectivity index is 1.49. The molecule has 7 nitrogen and oxygen atoms in total. The van der Waals surface area contributed by atoms with Gasteiger partial charge in [0.25, 0.3) is 0 Å². The van der Waals surface area contributed by atoms with Crippen molar-refractivity contribution in [2.45, 2.75) is 12.8 Å². The average Bonchev–Trinajstić information content (AvgIpc) is 2.75. The van der Waals surface area contributed by atoms with E-state index in [0.29, 0.717) is 48.3 Å². The third-order valence-electron chi connectivity index (χ3n) is 4.36. The second-order valence-electron chi connectivity index (χ2n) is 6.30. The van der Waals surface area contributed by atoms with Crippen LogP contribution in [0.4, 0.5) is 16.2 Å². The second-order valence-corrected chi connectivity index (χ2v) is 6.30. The molecule has 1 aromatic heterocycles. The summed E-state index contributed by atoms with van der Waals surface area (Å²) in [4.78, 5) is 4.38. The first-order valence-corrected chi connectivity index (χ1v) is 9.31. The summed E-state index contributed by atoms with van der Waals surface area (Å²) in [5.41, 5.74) is 1.76. The summed E-state index contributed by atoms with van der Waals surface area (Å²) in [5, 5.41) is 14.3. The van der Waals surface area contributed by atoms with E-state index in [0.717, 1.165) is 12.0 Å². The van der Waals surface area contributed by atoms with E-state index in [-0.39, 0.29) is 5.82 Å². The number of anilines is 2. The van der Waals surface area contributed by atoms with E-state index in [1.54, 1.807) is 32.5 Å². The van der Waals surface area contributed by atoms with Gasteiger partial charge in [-0.25, -0.2) is 4.39 Å². The summed E-state index contributed by atoms with van der Waals surface area (Å²) in [5.74, 6) is 2.22. The van der Waals surface area contributed by atoms with Crippen molar-refractivity contribution < 1.29 is 13.9 Å². The largest absolute Gasteiger partial charge is 0.493 e. The maximum absolute atomic E-state index is 13.7. The molecule has 0 fully saturated rings. The van der Waals surface area contributed by atoms with Gasteiger partial charge in [-0.3, -0.25) is 0 Å². The predicted octanol–water partition coefficient (Wildman–Crippen LogP) is 3.34. The number of methoxy groups -OCH3 is 2. The van der Waals surface area contributed by atoms with E-state index < -0.39 is 0 Å². The van der Waals surface area contributed by atoms with E-state index in [4.69, 9.17) is 9.47 Å². The smallest absolute Gasteiger partial charge is 0.244 e. The normalized spacial score (nSPS) is 10.4. The Bertz CT molecular complexity index is 938. The van der Waals surface area contributed by atoms with E-state index in [1.807, 2.05) is 24.3 Å². The molecule has 0 saturated carbocycles. The highest BCUT2D eigenvalue weighted by Crippen LogP contribution is 2.27. The maximum atomic E-state index is 13.7. The fraction of sp³-hybridized carbons (Fsp3) is 0.286. The number of aromatic nitrogens is 3. The first-order valence-electron chi connectivity index (χ1n) is 9.31. The predicted molar refractivity (Wildman–Crippen MR) is 110 cm³/mol. The molecule has 0 amide bonds. The molecule has 2 aromatic carbocycles. The molecule has 0 unspecified atom stereocenters. The highest BCUT2D eigenvalue weighted by Gasteiger charge is 2.06. The Morgan fingerprint density at radius 2 is 1.72 bits per heavy atom. The Kier molecular flexibility index (Phi) is 7.16. The number of halogens is 1. The molecule has 0 radical (unpaired) electrons. The van der Waals surface area contributed by atoms with Crippen LogP contribution in [0.3, 0.4) is 0 Å². The molecule has 29 heavy (non-hydrogen) atoms. The molecule has 0 bridgehead atoms. The van der Waals surface area contributed by atoms with Crippen LogP contribution < -0.4 is 20.1 Å². The van der Waals surface area contributed by atoms with Gasteiger partial charge in [0.15, 0.2) is 17.3 Å². The second kappa shape index (κ2) is 10.2. The standard InChI is InChI=1S/C21H24FN5O2/c1-28-18-8-7-15(13-19(18)29-2)9-11-24-21-26-20(14-25-27-21)23-12-10-16-5-3-4-6-17(16)22/h3-8,13-14H,9-12H2,1-2H3,(H2,23,24,26,27). The minimum absolute atomic E-state index is 0.201. The summed E-state index contributed by atoms with van der Waals surface area (Å²) >= 11 is 0. The number of rotatable bonds is 10. The highest BCUT2D eigenvalue weighted by atomic mass is 19.1. The lowest BCUT2D eigenvalue weighted by Crippen LogP contribution is -2.12. The summed E-state index contributed by atoms with van der Waals surface area (Å²) < 4.78 is 24.2. The van der Waals surface area contributed by atoms with Crippen LogP contribution in [0, 0.1) is 5.82 Å². The summed E-state index contributed by atoms with van der Waals surface area (Å²) in [7, 11) is 3.23. The number of ether oxygens (including phenoxy) is 2. The third-order valence-corrected chi connectivity index (χ3v) is 4.36. The van der Waals surface area contributed by atoms with Crippen LogP contribution in [0.5, 0.6) is 11.5 Å². The molecule has 0 atom stereocenters. The molecule has 0 aliphatic heterocycles. The minimum Gasteiger partial charge on any atom is -0.493 e. The van der Waals surface area contributed by atoms with Crippen LogP contribution in [0.1, 0.15) is 11.1 Å². The van der Waals surface area contributed by atoms with Gasteiger partial charge in [0.05, 0.1) is 20.4 Å². The minimum atomic E-state index is -0.201. The summed E-state index contributed by atoms with van der Waals surface area (Å²) in [6, 6.07) is 12.6. The lowest BCUT2D eigenvalue weighted by atomic mass is 10.1. The summed E-state index contributed by atoms with van der Waals surface area (Å²) in [6.07, 6.45) is 2.86. The van der Waals surface area contributed by atoms with Crippen molar-refractivity contribution >= 4 is 11.8 Å². The molecule has 3 rings (SSSR count). The molecule has 152 valence electrons. The van der Waals surface area contributed by atoms with Gasteiger partial charge >= 0.3 is 0 Å². The van der Waals surface area contributed by atoms with Crippen molar-refractivity contribution in [1.82, 2.24) is 15.2 Å². The first-order chi connectivity index (χ1) is 14.2. The van der Waals surface area contributed by atoms with Crippen LogP contribution in [0.25, 0.3) is 0 Å². The highest BCUT2D eigenvalue weighted by molar-refractivity contribution is 5.43. The fourth-order valence-corrected chi connectivity index (χ4v) is 2.84. The quantitative estimate of drug-likeness (QED) is 0.543. The molecule has 8 heteroatoms. The molecule has 3 aromatic rings. The lowest BCUT2D eigenvalue weighted by molar-refractivity contribution is 0.354. The SMILES string of the molecule is COc1ccc(CCNc2nncc(NCCc3ccccc3F)n2)cc1OC. The van der Waals surface area contributed by atoms with Gasteiger partial charge < -0.3 is 20.1 Å². The van der Waals surface area contributed by atoms with Gasteiger partial charge in [-0.05, 0) is 42.2 Å². The molecular weight excluding hydrogens is 373 g/mol. The molecule has 0 aliphatic rings. The van der Waals surface area contributed by atoms with Crippen molar-refractivity contribution in [3.8, 4) is 11.5 Å². The number of nitrogens with one attached hydrogen (secondary N) is 2. The Morgan fingerprint density at radius 1 is 0.931 bits per heavy atom. The molecule has 0 aliphatic carbocycles. The van der Waals surface area contributed by atoms with Gasteiger partial charge in [0, 0.05) is 13.1 Å². The Hall–Kier alpha value is -3.42. The molecule has 0 saturated heterocycles. The van der Waals surface area contributed by atoms with Gasteiger partial charge in [-0.1, -0.05) is 24.3 Å². The zero-order chi connectivity index (χ0) is 20.5. The van der Waals surface area contributed by atoms with E-state index in [9.17, 15) is 4.39 Å². The average molecular weight is 397 g/mol. The lowest BCUT2D eigenvalue weighted by Gasteiger charge is -2.10. The zero-order valence-electron chi connectivity index (χ0n) is 16.5. The van der Waals surface area contributed by atoms with Crippen molar-refractivity contribution in [2.24, 2.45) is 0 Å². The molecule has 2 N–H and O–H groups in total. The van der Waals surface area contributed by atoms with E-state index >= 15 is 0 Å². The Morgan fingerprint density at radius 3 is 2.52 bits per heavy atom. The van der Waals surface area contributed by atoms with Crippen LogP contribution in [0.2, 0.25) is 0 Å². The molecular formula is C21H24FN5O2. The zero-order valence-corrected chi connectivity index (χ0v) is 16.5. The third kappa shape index (κ3) is 5.78. The van der Waals surface area contributed by atoms with Crippen LogP contribution in [-0.4, -0.2) is 42.5 Å². The monoisotopic (exact) mass is 397 g/mol. The fourth-order valence-electron chi connectivity index (χ4n) is 2.84. The number of nitrogens with zero attached hydrogens (tertiary/aromatic N) is 3. The van der Waals surface area contributed by atoms with Crippen molar-refractivity contribution in [3.05, 3.63) is 65.6 Å². The van der Waals surface area contributed by atoms with Crippen molar-refractivity contribution in [1.29, 1.82) is 0 Å². The van der Waals surface area contributed by atoms with Crippen molar-refractivity contribution in [3.63, 3.8) is 0 Å². The van der Waals surface area contributed by atoms with Gasteiger partial charge in [0.2, 0.25) is 5.95 Å². The van der Waals surface area contributed by atoms with E-state index in [1.165, 1.54) is 6.07 Å². The maximum Gasteiger partial charge on any atom is 0.244 e. The van der Waals surface area contributed by atoms with Crippen LogP contribution >= 0.6 is 0 Å². The van der Waals surface area contributed by atoms with Crippen LogP contribution in [0.15, 0.2) is 48.7 Å². The molecule has 1 heterocycles. The summed E-state index contributed by atoms with van der Waals surface area (Å²) in [6.45, 7) is 1.18. The molecule has 0 spiro atoms. The Labute approximate surface area is 169 Å².